The van der Waals surface area contributed by atoms with Crippen LogP contribution in [0.4, 0.5) is 12.9 Å². The molecule has 0 spiro atoms. The molecule has 0 saturated heterocycles. The summed E-state index contributed by atoms with van der Waals surface area (Å²) in [7, 11) is 0. The SMILES string of the molecule is CC(C)=CCOc1cncc([B-](F)(F)F)c1.[K+]. The van der Waals surface area contributed by atoms with Gasteiger partial charge in [-0.1, -0.05) is 11.0 Å². The Bertz CT molecular complexity index is 391. The van der Waals surface area contributed by atoms with Crippen LogP contribution in [0.1, 0.15) is 13.8 Å². The van der Waals surface area contributed by atoms with Crippen molar-refractivity contribution in [2.75, 3.05) is 6.61 Å². The van der Waals surface area contributed by atoms with Crippen LogP contribution in [-0.4, -0.2) is 18.6 Å². The molecule has 0 amide bonds. The van der Waals surface area contributed by atoms with Crippen LogP contribution in [0.25, 0.3) is 0 Å². The fraction of sp³-hybridized carbons (Fsp3) is 0.300. The molecule has 0 aromatic carbocycles. The normalized spacial score (nSPS) is 10.4. The van der Waals surface area contributed by atoms with Crippen molar-refractivity contribution in [1.29, 1.82) is 0 Å². The quantitative estimate of drug-likeness (QED) is 0.542. The second kappa shape index (κ2) is 7.58. The van der Waals surface area contributed by atoms with Gasteiger partial charge in [-0.15, -0.1) is 0 Å². The maximum Gasteiger partial charge on any atom is 1.00 e. The molecule has 2 nitrogen and oxygen atoms in total. The Morgan fingerprint density at radius 3 is 2.53 bits per heavy atom. The summed E-state index contributed by atoms with van der Waals surface area (Å²) in [5.41, 5.74) is 0.304. The van der Waals surface area contributed by atoms with Crippen LogP contribution in [0.15, 0.2) is 30.1 Å². The molecule has 0 atom stereocenters. The zero-order valence-electron chi connectivity index (χ0n) is 10.1. The molecule has 1 aromatic heterocycles. The van der Waals surface area contributed by atoms with Crippen molar-refractivity contribution in [3.63, 3.8) is 0 Å². The van der Waals surface area contributed by atoms with Crippen LogP contribution in [0.5, 0.6) is 5.75 Å². The molecule has 0 bridgehead atoms. The number of hydrogen-bond donors (Lipinski definition) is 0. The number of halogens is 3. The van der Waals surface area contributed by atoms with Gasteiger partial charge in [0.05, 0.1) is 6.20 Å². The molecule has 0 unspecified atom stereocenters. The van der Waals surface area contributed by atoms with Gasteiger partial charge in [-0.25, -0.2) is 0 Å². The van der Waals surface area contributed by atoms with Crippen LogP contribution >= 0.6 is 0 Å². The second-order valence-corrected chi connectivity index (χ2v) is 3.62. The summed E-state index contributed by atoms with van der Waals surface area (Å²) in [6.45, 7) is -0.995. The van der Waals surface area contributed by atoms with Gasteiger partial charge in [-0.2, -0.15) is 0 Å². The number of ether oxygens (including phenoxy) is 1. The summed E-state index contributed by atoms with van der Waals surface area (Å²) in [4.78, 5) is 3.50. The smallest absolute Gasteiger partial charge is 0.488 e. The second-order valence-electron chi connectivity index (χ2n) is 3.62. The first-order valence-electron chi connectivity index (χ1n) is 4.80. The van der Waals surface area contributed by atoms with E-state index in [0.29, 0.717) is 0 Å². The third-order valence-corrected chi connectivity index (χ3v) is 1.85. The molecule has 88 valence electrons. The Kier molecular flexibility index (Phi) is 7.66. The first-order chi connectivity index (χ1) is 7.39. The molecule has 0 aliphatic heterocycles. The fourth-order valence-corrected chi connectivity index (χ4v) is 0.998. The van der Waals surface area contributed by atoms with E-state index < -0.39 is 12.4 Å². The Hall–Kier alpha value is 0.181. The molecule has 0 aliphatic carbocycles. The van der Waals surface area contributed by atoms with Crippen LogP contribution in [-0.2, 0) is 0 Å². The summed E-state index contributed by atoms with van der Waals surface area (Å²) < 4.78 is 42.2. The monoisotopic (exact) mass is 269 g/mol. The Balaban J connectivity index is 0.00000256. The molecule has 0 fully saturated rings. The minimum absolute atomic E-state index is 0. The van der Waals surface area contributed by atoms with Gasteiger partial charge in [-0.3, -0.25) is 4.98 Å². The zero-order valence-corrected chi connectivity index (χ0v) is 13.2. The molecule has 17 heavy (non-hydrogen) atoms. The third kappa shape index (κ3) is 6.61. The van der Waals surface area contributed by atoms with Gasteiger partial charge in [0.1, 0.15) is 12.4 Å². The zero-order chi connectivity index (χ0) is 12.2. The predicted molar refractivity (Wildman–Crippen MR) is 57.9 cm³/mol. The average Bonchev–Trinajstić information content (AvgIpc) is 2.16. The molecule has 1 aromatic rings. The van der Waals surface area contributed by atoms with Gasteiger partial charge in [0.2, 0.25) is 0 Å². The number of rotatable bonds is 4. The topological polar surface area (TPSA) is 22.1 Å². The largest absolute Gasteiger partial charge is 1.00 e. The van der Waals surface area contributed by atoms with E-state index in [1.807, 2.05) is 13.8 Å². The Morgan fingerprint density at radius 2 is 2.00 bits per heavy atom. The first kappa shape index (κ1) is 17.2. The van der Waals surface area contributed by atoms with E-state index in [0.717, 1.165) is 17.8 Å². The fourth-order valence-electron chi connectivity index (χ4n) is 0.998. The van der Waals surface area contributed by atoms with E-state index in [2.05, 4.69) is 4.98 Å². The summed E-state index contributed by atoms with van der Waals surface area (Å²) in [5.74, 6) is 0.134. The molecular formula is C10H12BF3KNO. The van der Waals surface area contributed by atoms with Crippen molar-refractivity contribution in [3.8, 4) is 5.75 Å². The predicted octanol–water partition coefficient (Wildman–Crippen LogP) is -0.515. The molecule has 0 saturated carbocycles. The van der Waals surface area contributed by atoms with Gasteiger partial charge in [0.15, 0.2) is 0 Å². The van der Waals surface area contributed by atoms with Crippen molar-refractivity contribution in [2.24, 2.45) is 0 Å². The van der Waals surface area contributed by atoms with E-state index >= 15 is 0 Å². The first-order valence-corrected chi connectivity index (χ1v) is 4.80. The van der Waals surface area contributed by atoms with Crippen molar-refractivity contribution in [2.45, 2.75) is 13.8 Å². The standard InChI is InChI=1S/C10H12BF3NO.K/c1-8(2)3-4-16-10-5-9(6-15-7-10)11(12,13)14;/h3,5-7H,4H2,1-2H3;/q-1;+1. The van der Waals surface area contributed by atoms with Crippen LogP contribution in [0.3, 0.4) is 0 Å². The number of pyridine rings is 1. The minimum Gasteiger partial charge on any atom is -0.488 e. The molecule has 1 heterocycles. The summed E-state index contributed by atoms with van der Waals surface area (Å²) >= 11 is 0. The van der Waals surface area contributed by atoms with E-state index in [-0.39, 0.29) is 63.7 Å². The van der Waals surface area contributed by atoms with E-state index in [1.165, 1.54) is 6.20 Å². The number of aromatic nitrogens is 1. The molecule has 1 rings (SSSR count). The Labute approximate surface area is 141 Å². The summed E-state index contributed by atoms with van der Waals surface area (Å²) in [5, 5.41) is 0. The summed E-state index contributed by atoms with van der Waals surface area (Å²) in [6.07, 6.45) is 3.85. The number of nitrogens with zero attached hydrogens (tertiary/aromatic N) is 1. The molecule has 7 heteroatoms. The summed E-state index contributed by atoms with van der Waals surface area (Å²) in [6, 6.07) is 0.964. The van der Waals surface area contributed by atoms with E-state index in [4.69, 9.17) is 4.74 Å². The maximum atomic E-state index is 12.4. The van der Waals surface area contributed by atoms with Gasteiger partial charge >= 0.3 is 58.4 Å². The Morgan fingerprint density at radius 1 is 1.35 bits per heavy atom. The number of hydrogen-bond acceptors (Lipinski definition) is 2. The van der Waals surface area contributed by atoms with Gasteiger partial charge < -0.3 is 17.7 Å². The number of allylic oxidation sites excluding steroid dienone is 1. The molecule has 0 N–H and O–H groups in total. The average molecular weight is 269 g/mol. The van der Waals surface area contributed by atoms with Crippen molar-refractivity contribution < 1.29 is 69.1 Å². The molecular weight excluding hydrogens is 257 g/mol. The van der Waals surface area contributed by atoms with E-state index in [9.17, 15) is 12.9 Å². The van der Waals surface area contributed by atoms with Crippen LogP contribution < -0.4 is 61.6 Å². The van der Waals surface area contributed by atoms with Gasteiger partial charge in [0, 0.05) is 6.20 Å². The van der Waals surface area contributed by atoms with Crippen molar-refractivity contribution >= 4 is 12.4 Å². The third-order valence-electron chi connectivity index (χ3n) is 1.85. The van der Waals surface area contributed by atoms with E-state index in [1.54, 1.807) is 6.08 Å². The molecule has 0 aliphatic rings. The van der Waals surface area contributed by atoms with Crippen molar-refractivity contribution in [3.05, 3.63) is 30.1 Å². The van der Waals surface area contributed by atoms with Crippen LogP contribution in [0.2, 0.25) is 0 Å². The van der Waals surface area contributed by atoms with Crippen LogP contribution in [0, 0.1) is 0 Å². The van der Waals surface area contributed by atoms with Crippen molar-refractivity contribution in [1.82, 2.24) is 4.98 Å². The maximum absolute atomic E-state index is 12.4. The minimum atomic E-state index is -5.01. The molecule has 0 radical (unpaired) electrons. The van der Waals surface area contributed by atoms with Gasteiger partial charge in [0.25, 0.3) is 0 Å². The van der Waals surface area contributed by atoms with Gasteiger partial charge in [-0.05, 0) is 26.0 Å².